The van der Waals surface area contributed by atoms with Gasteiger partial charge in [-0.1, -0.05) is 87.5 Å². The lowest BCUT2D eigenvalue weighted by Gasteiger charge is -2.37. The molecule has 0 saturated carbocycles. The molecule has 0 radical (unpaired) electrons. The highest BCUT2D eigenvalue weighted by Gasteiger charge is 2.45. The lowest BCUT2D eigenvalue weighted by atomic mass is 9.85. The zero-order chi connectivity index (χ0) is 61.0. The van der Waals surface area contributed by atoms with E-state index in [4.69, 9.17) is 26.3 Å². The van der Waals surface area contributed by atoms with Crippen LogP contribution in [0.2, 0.25) is 5.02 Å². The summed E-state index contributed by atoms with van der Waals surface area (Å²) in [5.74, 6) is -0.724. The minimum absolute atomic E-state index is 0.00771. The van der Waals surface area contributed by atoms with Crippen LogP contribution < -0.4 is 20.3 Å². The maximum atomic E-state index is 17.2. The first-order chi connectivity index (χ1) is 41.2. The summed E-state index contributed by atoms with van der Waals surface area (Å²) in [6, 6.07) is 18.2. The molecule has 6 aromatic rings. The van der Waals surface area contributed by atoms with E-state index in [1.54, 1.807) is 28.4 Å². The average molecular weight is 1210 g/mol. The van der Waals surface area contributed by atoms with Gasteiger partial charge < -0.3 is 45.2 Å². The van der Waals surface area contributed by atoms with Gasteiger partial charge in [0.15, 0.2) is 5.82 Å². The quantitative estimate of drug-likeness (QED) is 0.0563. The van der Waals surface area contributed by atoms with Gasteiger partial charge in [0.25, 0.3) is 0 Å². The number of carbonyl (C=O) groups excluding carboxylic acids is 4. The van der Waals surface area contributed by atoms with Gasteiger partial charge in [0.2, 0.25) is 23.6 Å². The van der Waals surface area contributed by atoms with Gasteiger partial charge in [-0.05, 0) is 129 Å². The lowest BCUT2D eigenvalue weighted by molar-refractivity contribution is -0.144. The number of nitrogens with zero attached hydrogens (tertiary/aromatic N) is 9. The number of anilines is 1. The summed E-state index contributed by atoms with van der Waals surface area (Å²) in [5, 5.41) is 29.6. The number of phenols is 1. The van der Waals surface area contributed by atoms with E-state index in [2.05, 4.69) is 36.9 Å². The van der Waals surface area contributed by atoms with Crippen LogP contribution in [0.25, 0.3) is 43.2 Å². The number of fused-ring (bicyclic) bond motifs is 2. The van der Waals surface area contributed by atoms with E-state index in [0.29, 0.717) is 55.4 Å². The van der Waals surface area contributed by atoms with E-state index in [9.17, 15) is 29.4 Å². The van der Waals surface area contributed by atoms with E-state index in [0.717, 1.165) is 104 Å². The Bertz CT molecular complexity index is 3430. The maximum absolute atomic E-state index is 17.2. The Morgan fingerprint density at radius 2 is 1.60 bits per heavy atom. The number of nitrogens with one attached hydrogen (secondary N) is 2. The van der Waals surface area contributed by atoms with Crippen LogP contribution >= 0.6 is 22.9 Å². The van der Waals surface area contributed by atoms with Gasteiger partial charge in [-0.3, -0.25) is 29.0 Å². The molecule has 4 amide bonds. The van der Waals surface area contributed by atoms with Gasteiger partial charge in [0.1, 0.15) is 35.3 Å². The number of halogens is 2. The fourth-order valence-corrected chi connectivity index (χ4v) is 13.8. The molecule has 4 saturated heterocycles. The van der Waals surface area contributed by atoms with Crippen molar-refractivity contribution in [1.29, 1.82) is 0 Å². The molecule has 18 nitrogen and oxygen atoms in total. The first kappa shape index (κ1) is 62.2. The monoisotopic (exact) mass is 1210 g/mol. The third-order valence-electron chi connectivity index (χ3n) is 17.5. The number of phenolic OH excluding ortho intramolecular Hbond substituents is 1. The van der Waals surface area contributed by atoms with Crippen LogP contribution in [0, 0.1) is 24.1 Å². The summed E-state index contributed by atoms with van der Waals surface area (Å²) < 4.78 is 23.7. The Balaban J connectivity index is 0.678. The molecule has 86 heavy (non-hydrogen) atoms. The van der Waals surface area contributed by atoms with Gasteiger partial charge in [-0.15, -0.1) is 11.3 Å². The molecule has 2 aromatic heterocycles. The number of hydrogen-bond acceptors (Lipinski definition) is 15. The van der Waals surface area contributed by atoms with Crippen LogP contribution in [0.15, 0.2) is 84.9 Å². The number of aliphatic hydroxyl groups is 1. The number of aromatic nitrogens is 3. The number of carbonyl (C=O) groups is 4. The first-order valence-corrected chi connectivity index (χ1v) is 31.5. The highest BCUT2D eigenvalue weighted by Crippen LogP contribution is 2.43. The molecule has 0 unspecified atom stereocenters. The van der Waals surface area contributed by atoms with E-state index < -0.39 is 29.4 Å². The fraction of sp³-hybridized carbons (Fsp3) is 0.492. The summed E-state index contributed by atoms with van der Waals surface area (Å²) >= 11 is 8.54. The number of benzene rings is 4. The molecule has 21 heteroatoms. The minimum atomic E-state index is -0.904. The molecule has 4 aromatic carbocycles. The van der Waals surface area contributed by atoms with E-state index >= 15 is 4.39 Å². The van der Waals surface area contributed by atoms with Gasteiger partial charge in [-0.2, -0.15) is 9.97 Å². The third-order valence-corrected chi connectivity index (χ3v) is 18.8. The Morgan fingerprint density at radius 3 is 2.29 bits per heavy atom. The molecule has 4 N–H and O–H groups in total. The lowest BCUT2D eigenvalue weighted by Crippen LogP contribution is -2.59. The Labute approximate surface area is 512 Å². The average Bonchev–Trinajstić information content (AvgIpc) is 1.05. The second-order valence-electron chi connectivity index (χ2n) is 24.8. The Morgan fingerprint density at radius 1 is 0.895 bits per heavy atom. The molecule has 458 valence electrons. The highest BCUT2D eigenvalue weighted by molar-refractivity contribution is 7.13. The summed E-state index contributed by atoms with van der Waals surface area (Å²) in [4.78, 5) is 81.6. The number of ether oxygens (including phenoxy) is 1. The topological polar surface area (TPSA) is 200 Å². The molecule has 5 atom stereocenters. The predicted octanol–water partition coefficient (Wildman–Crippen LogP) is 8.46. The van der Waals surface area contributed by atoms with Crippen molar-refractivity contribution in [3.8, 4) is 33.3 Å². The summed E-state index contributed by atoms with van der Waals surface area (Å²) in [6.45, 7) is 23.7. The van der Waals surface area contributed by atoms with Crippen molar-refractivity contribution in [2.75, 3.05) is 96.5 Å². The number of piperidine rings is 1. The van der Waals surface area contributed by atoms with Crippen LogP contribution in [-0.4, -0.2) is 189 Å². The van der Waals surface area contributed by atoms with Crippen molar-refractivity contribution in [2.24, 2.45) is 11.3 Å². The van der Waals surface area contributed by atoms with Crippen molar-refractivity contribution in [2.45, 2.75) is 104 Å². The molecule has 4 fully saturated rings. The number of aryl methyl sites for hydroxylation is 1. The number of thiazole rings is 1. The van der Waals surface area contributed by atoms with Crippen LogP contribution in [0.4, 0.5) is 10.2 Å². The smallest absolute Gasteiger partial charge is 0.319 e. The largest absolute Gasteiger partial charge is 0.508 e. The molecule has 0 aliphatic carbocycles. The number of aromatic hydroxyl groups is 1. The number of hydrogen-bond donors (Lipinski definition) is 4. The SMILES string of the molecule is C=CC(=O)N1CCN(c2nc(O[C@H](C)CN3CCC(CCCN4CCN(CC(=O)N[C@H](C(=O)N5C[C@H](O)C[C@H]5C(=O)N[C@@H](C)c5ccc(-c6scnc6C)cc5)C(C)(C)C)CC4)CC3)nc3c(F)c(-c4cc(O)cc5ccccc45)c(Cl)cc23)CC1. The van der Waals surface area contributed by atoms with Gasteiger partial charge in [-0.25, -0.2) is 9.37 Å². The van der Waals surface area contributed by atoms with Crippen molar-refractivity contribution in [3.05, 3.63) is 107 Å². The van der Waals surface area contributed by atoms with Crippen molar-refractivity contribution in [1.82, 2.24) is 50.1 Å². The molecular formula is C65H81ClFN11O7S. The number of amides is 4. The van der Waals surface area contributed by atoms with Crippen LogP contribution in [0.5, 0.6) is 11.8 Å². The second-order valence-corrected chi connectivity index (χ2v) is 26.1. The third kappa shape index (κ3) is 14.4. The Kier molecular flexibility index (Phi) is 19.6. The van der Waals surface area contributed by atoms with E-state index in [1.807, 2.05) is 100 Å². The molecule has 6 heterocycles. The number of rotatable bonds is 19. The summed E-state index contributed by atoms with van der Waals surface area (Å²) in [5.41, 5.74) is 4.70. The van der Waals surface area contributed by atoms with E-state index in [-0.39, 0.29) is 83.1 Å². The van der Waals surface area contributed by atoms with Crippen molar-refractivity contribution in [3.63, 3.8) is 0 Å². The highest BCUT2D eigenvalue weighted by atomic mass is 35.5. The maximum Gasteiger partial charge on any atom is 0.319 e. The zero-order valence-corrected chi connectivity index (χ0v) is 51.8. The standard InChI is InChI=1S/C65H81ClFN11O7S/c1-8-55(82)76-28-30-77(31-29-76)61-51-35-52(66)56(50-33-47(79)32-46-13-9-10-14-49(46)50)57(67)58(51)71-64(72-61)85-40(2)36-74-22-19-43(20-23-74)12-11-21-73-24-26-75(27-25-73)38-54(81)70-60(65(5,6)7)63(84)78-37-48(80)34-53(78)62(83)69-41(3)44-15-17-45(18-16-44)59-42(4)68-39-86-59/h8-10,13-18,32-33,35,39-41,43,48,53,60,79-80H,1,11-12,19-31,34,36-38H2,2-7H3,(H,69,83)(H,70,81)/t40-,41+,48-,53+,60-/m1/s1. The van der Waals surface area contributed by atoms with Gasteiger partial charge in [0, 0.05) is 82.8 Å². The normalized spacial score (nSPS) is 19.6. The van der Waals surface area contributed by atoms with Crippen molar-refractivity contribution >= 4 is 74.1 Å². The summed E-state index contributed by atoms with van der Waals surface area (Å²) in [6.07, 6.45) is 4.58. The predicted molar refractivity (Wildman–Crippen MR) is 336 cm³/mol. The zero-order valence-electron chi connectivity index (χ0n) is 50.2. The number of β-amino-alcohol motifs (C(OH)–C–C–N with tert-alkyl or cyclic N) is 1. The van der Waals surface area contributed by atoms with Crippen molar-refractivity contribution < 1.29 is 38.5 Å². The Hall–Kier alpha value is -6.81. The first-order valence-electron chi connectivity index (χ1n) is 30.2. The second kappa shape index (κ2) is 27.1. The fourth-order valence-electron chi connectivity index (χ4n) is 12.7. The van der Waals surface area contributed by atoms with Crippen LogP contribution in [0.1, 0.15) is 84.0 Å². The summed E-state index contributed by atoms with van der Waals surface area (Å²) in [7, 11) is 0. The number of aliphatic hydroxyl groups excluding tert-OH is 1. The minimum Gasteiger partial charge on any atom is -0.508 e. The molecular weight excluding hydrogens is 1130 g/mol. The van der Waals surface area contributed by atoms with Gasteiger partial charge >= 0.3 is 6.01 Å². The molecule has 4 aliphatic heterocycles. The van der Waals surface area contributed by atoms with Gasteiger partial charge in [0.05, 0.1) is 39.8 Å². The molecule has 4 aliphatic rings. The number of likely N-dealkylation sites (tertiary alicyclic amines) is 2. The molecule has 0 bridgehead atoms. The van der Waals surface area contributed by atoms with Crippen LogP contribution in [0.3, 0.4) is 0 Å². The number of piperazine rings is 2. The van der Waals surface area contributed by atoms with Crippen LogP contribution in [-0.2, 0) is 19.2 Å². The van der Waals surface area contributed by atoms with E-state index in [1.165, 1.54) is 17.0 Å². The molecule has 0 spiro atoms. The molecule has 10 rings (SSSR count).